The second-order valence-corrected chi connectivity index (χ2v) is 4.77. The zero-order valence-corrected chi connectivity index (χ0v) is 11.5. The van der Waals surface area contributed by atoms with Crippen LogP contribution < -0.4 is 0 Å². The molecule has 0 aliphatic heterocycles. The average Bonchev–Trinajstić information content (AvgIpc) is 2.12. The van der Waals surface area contributed by atoms with E-state index in [4.69, 9.17) is 14.6 Å². The van der Waals surface area contributed by atoms with Gasteiger partial charge < -0.3 is 19.7 Å². The van der Waals surface area contributed by atoms with Gasteiger partial charge in [-0.25, -0.2) is 4.79 Å². The summed E-state index contributed by atoms with van der Waals surface area (Å²) >= 11 is 0. The molecule has 0 rings (SSSR count). The first kappa shape index (κ1) is 17.4. The van der Waals surface area contributed by atoms with Crippen molar-refractivity contribution in [3.63, 3.8) is 0 Å². The Morgan fingerprint density at radius 1 is 0.947 bits per heavy atom. The summed E-state index contributed by atoms with van der Waals surface area (Å²) < 4.78 is 9.49. The van der Waals surface area contributed by atoms with E-state index >= 15 is 0 Å². The van der Waals surface area contributed by atoms with E-state index in [0.29, 0.717) is 0 Å². The normalized spacial score (nSPS) is 11.5. The highest BCUT2D eigenvalue weighted by atomic mass is 16.5. The average molecular weight is 276 g/mol. The quantitative estimate of drug-likeness (QED) is 0.651. The number of hydrogen-bond acceptors (Lipinski definition) is 6. The molecular formula is C12H20O7. The summed E-state index contributed by atoms with van der Waals surface area (Å²) in [6.45, 7) is 6.35. The Hall–Kier alpha value is -1.63. The molecule has 0 atom stereocenters. The fourth-order valence-electron chi connectivity index (χ4n) is 1.30. The summed E-state index contributed by atoms with van der Waals surface area (Å²) in [5.74, 6) is -3.46. The molecule has 19 heavy (non-hydrogen) atoms. The zero-order chi connectivity index (χ0) is 15.2. The Labute approximate surface area is 111 Å². The third kappa shape index (κ3) is 6.76. The van der Waals surface area contributed by atoms with Crippen molar-refractivity contribution in [3.05, 3.63) is 0 Å². The second kappa shape index (κ2) is 7.08. The van der Waals surface area contributed by atoms with Gasteiger partial charge in [0.05, 0.1) is 25.0 Å². The van der Waals surface area contributed by atoms with Gasteiger partial charge in [-0.1, -0.05) is 0 Å². The molecular weight excluding hydrogens is 256 g/mol. The van der Waals surface area contributed by atoms with Crippen molar-refractivity contribution in [1.29, 1.82) is 0 Å². The van der Waals surface area contributed by atoms with Crippen molar-refractivity contribution in [2.75, 3.05) is 0 Å². The van der Waals surface area contributed by atoms with Gasteiger partial charge in [0, 0.05) is 0 Å². The fraction of sp³-hybridized carbons (Fsp3) is 0.750. The van der Waals surface area contributed by atoms with Crippen molar-refractivity contribution in [2.45, 2.75) is 58.3 Å². The van der Waals surface area contributed by atoms with Crippen molar-refractivity contribution >= 4 is 17.9 Å². The van der Waals surface area contributed by atoms with Crippen LogP contribution in [0.1, 0.15) is 40.5 Å². The van der Waals surface area contributed by atoms with E-state index in [0.717, 1.165) is 0 Å². The molecule has 0 saturated heterocycles. The van der Waals surface area contributed by atoms with E-state index < -0.39 is 48.6 Å². The number of carboxylic acid groups (broad SMARTS) is 1. The van der Waals surface area contributed by atoms with E-state index in [-0.39, 0.29) is 0 Å². The van der Waals surface area contributed by atoms with Gasteiger partial charge in [-0.05, 0) is 27.7 Å². The van der Waals surface area contributed by atoms with Crippen LogP contribution in [0.2, 0.25) is 0 Å². The van der Waals surface area contributed by atoms with Crippen LogP contribution in [0.5, 0.6) is 0 Å². The van der Waals surface area contributed by atoms with Gasteiger partial charge in [0.25, 0.3) is 0 Å². The number of carbonyl (C=O) groups excluding carboxylic acids is 2. The smallest absolute Gasteiger partial charge is 0.336 e. The molecule has 0 aromatic heterocycles. The standard InChI is InChI=1S/C12H20O7/c1-7(2)18-9(13)5-12(17,11(15)16)6-10(14)19-8(3)4/h7-8,17H,5-6H2,1-4H3,(H,15,16). The maximum atomic E-state index is 11.4. The van der Waals surface area contributed by atoms with Gasteiger partial charge in [0.2, 0.25) is 0 Å². The summed E-state index contributed by atoms with van der Waals surface area (Å²) in [6, 6.07) is 0. The third-order valence-corrected chi connectivity index (χ3v) is 2.01. The fourth-order valence-corrected chi connectivity index (χ4v) is 1.30. The van der Waals surface area contributed by atoms with Crippen LogP contribution >= 0.6 is 0 Å². The molecule has 2 N–H and O–H groups in total. The number of hydrogen-bond donors (Lipinski definition) is 2. The lowest BCUT2D eigenvalue weighted by molar-refractivity contribution is -0.175. The van der Waals surface area contributed by atoms with Crippen LogP contribution in [0.3, 0.4) is 0 Å². The topological polar surface area (TPSA) is 110 Å². The molecule has 0 aromatic rings. The lowest BCUT2D eigenvalue weighted by Gasteiger charge is -2.22. The van der Waals surface area contributed by atoms with Gasteiger partial charge in [-0.15, -0.1) is 0 Å². The van der Waals surface area contributed by atoms with Crippen LogP contribution in [-0.4, -0.2) is 45.9 Å². The summed E-state index contributed by atoms with van der Waals surface area (Å²) in [7, 11) is 0. The van der Waals surface area contributed by atoms with Crippen LogP contribution in [0, 0.1) is 0 Å². The first-order valence-electron chi connectivity index (χ1n) is 5.91. The van der Waals surface area contributed by atoms with Crippen LogP contribution in [0.25, 0.3) is 0 Å². The molecule has 0 amide bonds. The molecule has 7 nitrogen and oxygen atoms in total. The summed E-state index contributed by atoms with van der Waals surface area (Å²) in [4.78, 5) is 33.8. The Balaban J connectivity index is 4.72. The van der Waals surface area contributed by atoms with Gasteiger partial charge in [-0.3, -0.25) is 9.59 Å². The predicted octanol–water partition coefficient (Wildman–Crippen LogP) is 0.485. The van der Waals surface area contributed by atoms with Crippen LogP contribution in [0.4, 0.5) is 0 Å². The van der Waals surface area contributed by atoms with Gasteiger partial charge in [0.15, 0.2) is 5.60 Å². The molecule has 0 saturated carbocycles. The monoisotopic (exact) mass is 276 g/mol. The number of ether oxygens (including phenoxy) is 2. The molecule has 0 aliphatic rings. The minimum Gasteiger partial charge on any atom is -0.479 e. The van der Waals surface area contributed by atoms with Gasteiger partial charge in [-0.2, -0.15) is 0 Å². The zero-order valence-electron chi connectivity index (χ0n) is 11.5. The van der Waals surface area contributed by atoms with Crippen molar-refractivity contribution in [2.24, 2.45) is 0 Å². The molecule has 0 spiro atoms. The maximum absolute atomic E-state index is 11.4. The van der Waals surface area contributed by atoms with E-state index in [1.807, 2.05) is 0 Å². The molecule has 7 heteroatoms. The third-order valence-electron chi connectivity index (χ3n) is 2.01. The Kier molecular flexibility index (Phi) is 6.47. The lowest BCUT2D eigenvalue weighted by Crippen LogP contribution is -2.44. The highest BCUT2D eigenvalue weighted by Crippen LogP contribution is 2.18. The van der Waals surface area contributed by atoms with Crippen LogP contribution in [-0.2, 0) is 23.9 Å². The minimum atomic E-state index is -2.52. The van der Waals surface area contributed by atoms with Gasteiger partial charge >= 0.3 is 17.9 Å². The van der Waals surface area contributed by atoms with Crippen molar-refractivity contribution < 1.29 is 34.1 Å². The molecule has 0 heterocycles. The summed E-state index contributed by atoms with van der Waals surface area (Å²) in [5.41, 5.74) is -2.52. The molecule has 0 aromatic carbocycles. The highest BCUT2D eigenvalue weighted by molar-refractivity contribution is 5.89. The van der Waals surface area contributed by atoms with Crippen molar-refractivity contribution in [1.82, 2.24) is 0 Å². The molecule has 0 bridgehead atoms. The number of carbonyl (C=O) groups is 3. The number of esters is 2. The van der Waals surface area contributed by atoms with E-state index in [9.17, 15) is 19.5 Å². The number of carboxylic acids is 1. The predicted molar refractivity (Wildman–Crippen MR) is 64.3 cm³/mol. The summed E-state index contributed by atoms with van der Waals surface area (Å²) in [6.07, 6.45) is -2.50. The molecule has 0 unspecified atom stereocenters. The minimum absolute atomic E-state index is 0.437. The first-order valence-corrected chi connectivity index (χ1v) is 5.91. The Morgan fingerprint density at radius 3 is 1.47 bits per heavy atom. The van der Waals surface area contributed by atoms with E-state index in [1.165, 1.54) is 0 Å². The Morgan fingerprint density at radius 2 is 1.26 bits per heavy atom. The molecule has 0 aliphatic carbocycles. The number of aliphatic carboxylic acids is 1. The van der Waals surface area contributed by atoms with E-state index in [1.54, 1.807) is 27.7 Å². The maximum Gasteiger partial charge on any atom is 0.336 e. The van der Waals surface area contributed by atoms with Gasteiger partial charge in [0.1, 0.15) is 0 Å². The number of rotatable bonds is 7. The van der Waals surface area contributed by atoms with E-state index in [2.05, 4.69) is 0 Å². The lowest BCUT2D eigenvalue weighted by atomic mass is 9.96. The molecule has 110 valence electrons. The molecule has 0 fully saturated rings. The van der Waals surface area contributed by atoms with Crippen molar-refractivity contribution in [3.8, 4) is 0 Å². The largest absolute Gasteiger partial charge is 0.479 e. The van der Waals surface area contributed by atoms with Crippen LogP contribution in [0.15, 0.2) is 0 Å². The second-order valence-electron chi connectivity index (χ2n) is 4.77. The Bertz CT molecular complexity index is 322. The first-order chi connectivity index (χ1) is 8.56. The SMILES string of the molecule is CC(C)OC(=O)CC(O)(CC(=O)OC(C)C)C(=O)O. The molecule has 0 radical (unpaired) electrons. The highest BCUT2D eigenvalue weighted by Gasteiger charge is 2.42. The summed E-state index contributed by atoms with van der Waals surface area (Å²) in [5, 5.41) is 18.8. The number of aliphatic hydroxyl groups is 1.